The van der Waals surface area contributed by atoms with Crippen LogP contribution in [0.25, 0.3) is 0 Å². The molecule has 3 nitrogen and oxygen atoms in total. The number of benzene rings is 1. The molecule has 1 N–H and O–H groups in total. The Bertz CT molecular complexity index is 458. The van der Waals surface area contributed by atoms with Gasteiger partial charge in [0.05, 0.1) is 0 Å². The Morgan fingerprint density at radius 2 is 1.87 bits per heavy atom. The van der Waals surface area contributed by atoms with Crippen LogP contribution in [0.5, 0.6) is 0 Å². The van der Waals surface area contributed by atoms with Crippen LogP contribution >= 0.6 is 11.6 Å². The van der Waals surface area contributed by atoms with Crippen LogP contribution in [0.2, 0.25) is 5.15 Å². The minimum atomic E-state index is -0.277. The van der Waals surface area contributed by atoms with Gasteiger partial charge in [0.2, 0.25) is 0 Å². The molecule has 2 rings (SSSR count). The number of aromatic nitrogens is 2. The molecular weight excluding hydrogens is 217 g/mol. The maximum absolute atomic E-state index is 12.6. The normalized spacial score (nSPS) is 10.0. The summed E-state index contributed by atoms with van der Waals surface area (Å²) < 4.78 is 12.6. The van der Waals surface area contributed by atoms with Gasteiger partial charge in [-0.25, -0.2) is 14.4 Å². The molecule has 1 aromatic heterocycles. The highest BCUT2D eigenvalue weighted by molar-refractivity contribution is 6.29. The largest absolute Gasteiger partial charge is 0.340 e. The van der Waals surface area contributed by atoms with E-state index in [0.717, 1.165) is 5.69 Å². The van der Waals surface area contributed by atoms with Crippen LogP contribution in [0.4, 0.5) is 15.9 Å². The van der Waals surface area contributed by atoms with E-state index in [-0.39, 0.29) is 5.82 Å². The van der Waals surface area contributed by atoms with Crippen LogP contribution in [0.3, 0.4) is 0 Å². The average Bonchev–Trinajstić information content (AvgIpc) is 2.22. The summed E-state index contributed by atoms with van der Waals surface area (Å²) in [4.78, 5) is 7.71. The number of anilines is 2. The fraction of sp³-hybridized carbons (Fsp3) is 0. The van der Waals surface area contributed by atoms with Crippen molar-refractivity contribution in [1.29, 1.82) is 0 Å². The van der Waals surface area contributed by atoms with Gasteiger partial charge in [0.15, 0.2) is 0 Å². The summed E-state index contributed by atoms with van der Waals surface area (Å²) in [5.41, 5.74) is 0.742. The highest BCUT2D eigenvalue weighted by atomic mass is 35.5. The zero-order valence-electron chi connectivity index (χ0n) is 7.61. The van der Waals surface area contributed by atoms with Gasteiger partial charge in [0.1, 0.15) is 23.1 Å². The van der Waals surface area contributed by atoms with Gasteiger partial charge in [-0.2, -0.15) is 0 Å². The predicted octanol–water partition coefficient (Wildman–Crippen LogP) is 3.01. The molecule has 5 heteroatoms. The van der Waals surface area contributed by atoms with E-state index in [1.807, 2.05) is 0 Å². The monoisotopic (exact) mass is 223 g/mol. The zero-order valence-corrected chi connectivity index (χ0v) is 8.37. The van der Waals surface area contributed by atoms with Gasteiger partial charge < -0.3 is 5.32 Å². The van der Waals surface area contributed by atoms with Crippen molar-refractivity contribution in [2.45, 2.75) is 0 Å². The van der Waals surface area contributed by atoms with Crippen LogP contribution in [-0.2, 0) is 0 Å². The lowest BCUT2D eigenvalue weighted by Crippen LogP contribution is -1.93. The second-order valence-corrected chi connectivity index (χ2v) is 3.25. The van der Waals surface area contributed by atoms with E-state index in [4.69, 9.17) is 11.6 Å². The lowest BCUT2D eigenvalue weighted by atomic mass is 10.3. The fourth-order valence-corrected chi connectivity index (χ4v) is 1.23. The van der Waals surface area contributed by atoms with Gasteiger partial charge in [-0.1, -0.05) is 11.6 Å². The number of nitrogens with one attached hydrogen (secondary N) is 1. The van der Waals surface area contributed by atoms with E-state index >= 15 is 0 Å². The predicted molar refractivity (Wildman–Crippen MR) is 56.7 cm³/mol. The van der Waals surface area contributed by atoms with E-state index in [1.54, 1.807) is 18.2 Å². The Labute approximate surface area is 90.9 Å². The Morgan fingerprint density at radius 1 is 1.13 bits per heavy atom. The highest BCUT2D eigenvalue weighted by Crippen LogP contribution is 2.16. The van der Waals surface area contributed by atoms with Crippen LogP contribution < -0.4 is 5.32 Å². The van der Waals surface area contributed by atoms with Gasteiger partial charge in [-0.05, 0) is 24.3 Å². The summed E-state index contributed by atoms with van der Waals surface area (Å²) >= 11 is 5.69. The van der Waals surface area contributed by atoms with Crippen molar-refractivity contribution in [1.82, 2.24) is 9.97 Å². The van der Waals surface area contributed by atoms with Gasteiger partial charge in [-0.15, -0.1) is 0 Å². The summed E-state index contributed by atoms with van der Waals surface area (Å²) in [6.45, 7) is 0. The van der Waals surface area contributed by atoms with Crippen LogP contribution in [0, 0.1) is 5.82 Å². The van der Waals surface area contributed by atoms with Crippen molar-refractivity contribution in [3.8, 4) is 0 Å². The van der Waals surface area contributed by atoms with Crippen molar-refractivity contribution in [2.75, 3.05) is 5.32 Å². The molecule has 0 aliphatic rings. The summed E-state index contributed by atoms with van der Waals surface area (Å²) in [6.07, 6.45) is 1.36. The molecule has 0 saturated heterocycles. The Kier molecular flexibility index (Phi) is 2.78. The summed E-state index contributed by atoms with van der Waals surface area (Å²) in [7, 11) is 0. The molecule has 0 bridgehead atoms. The Morgan fingerprint density at radius 3 is 2.53 bits per heavy atom. The van der Waals surface area contributed by atoms with E-state index < -0.39 is 0 Å². The van der Waals surface area contributed by atoms with Crippen molar-refractivity contribution >= 4 is 23.1 Å². The van der Waals surface area contributed by atoms with E-state index in [9.17, 15) is 4.39 Å². The maximum Gasteiger partial charge on any atom is 0.135 e. The van der Waals surface area contributed by atoms with Gasteiger partial charge in [0.25, 0.3) is 0 Å². The molecule has 0 amide bonds. The number of rotatable bonds is 2. The summed E-state index contributed by atoms with van der Waals surface area (Å²) in [6, 6.07) is 7.55. The molecule has 0 spiro atoms. The molecule has 15 heavy (non-hydrogen) atoms. The average molecular weight is 224 g/mol. The van der Waals surface area contributed by atoms with Crippen molar-refractivity contribution in [2.24, 2.45) is 0 Å². The van der Waals surface area contributed by atoms with Crippen LogP contribution in [-0.4, -0.2) is 9.97 Å². The molecule has 0 unspecified atom stereocenters. The third kappa shape index (κ3) is 2.63. The molecule has 2 aromatic rings. The molecule has 1 aromatic carbocycles. The van der Waals surface area contributed by atoms with E-state index in [2.05, 4.69) is 15.3 Å². The minimum Gasteiger partial charge on any atom is -0.340 e. The van der Waals surface area contributed by atoms with E-state index in [0.29, 0.717) is 11.0 Å². The maximum atomic E-state index is 12.6. The van der Waals surface area contributed by atoms with E-state index in [1.165, 1.54) is 18.5 Å². The second kappa shape index (κ2) is 4.23. The van der Waals surface area contributed by atoms with Crippen LogP contribution in [0.15, 0.2) is 36.7 Å². The summed E-state index contributed by atoms with van der Waals surface area (Å²) in [5.74, 6) is 0.294. The highest BCUT2D eigenvalue weighted by Gasteiger charge is 1.97. The second-order valence-electron chi connectivity index (χ2n) is 2.86. The summed E-state index contributed by atoms with van der Waals surface area (Å²) in [5, 5.41) is 3.33. The molecule has 0 saturated carbocycles. The third-order valence-corrected chi connectivity index (χ3v) is 1.96. The molecule has 1 heterocycles. The topological polar surface area (TPSA) is 37.8 Å². The standard InChI is InChI=1S/C10H7ClFN3/c11-9-5-10(14-6-13-9)15-8-3-1-7(12)2-4-8/h1-6H,(H,13,14,15). The number of nitrogens with zero attached hydrogens (tertiary/aromatic N) is 2. The first kappa shape index (κ1) is 9.86. The van der Waals surface area contributed by atoms with Crippen molar-refractivity contribution in [3.63, 3.8) is 0 Å². The van der Waals surface area contributed by atoms with Gasteiger partial charge in [-0.3, -0.25) is 0 Å². The van der Waals surface area contributed by atoms with Gasteiger partial charge in [0, 0.05) is 11.8 Å². The molecule has 0 aliphatic heterocycles. The fourth-order valence-electron chi connectivity index (χ4n) is 1.08. The first-order valence-electron chi connectivity index (χ1n) is 4.24. The first-order valence-corrected chi connectivity index (χ1v) is 4.62. The number of hydrogen-bond acceptors (Lipinski definition) is 3. The Hall–Kier alpha value is -1.68. The molecule has 0 fully saturated rings. The SMILES string of the molecule is Fc1ccc(Nc2cc(Cl)ncn2)cc1. The number of hydrogen-bond donors (Lipinski definition) is 1. The van der Waals surface area contributed by atoms with Crippen molar-refractivity contribution < 1.29 is 4.39 Å². The third-order valence-electron chi connectivity index (χ3n) is 1.75. The lowest BCUT2D eigenvalue weighted by molar-refractivity contribution is 0.628. The molecular formula is C10H7ClFN3. The molecule has 76 valence electrons. The minimum absolute atomic E-state index is 0.277. The zero-order chi connectivity index (χ0) is 10.7. The molecule has 0 aliphatic carbocycles. The smallest absolute Gasteiger partial charge is 0.135 e. The molecule has 0 radical (unpaired) electrons. The van der Waals surface area contributed by atoms with Crippen LogP contribution in [0.1, 0.15) is 0 Å². The van der Waals surface area contributed by atoms with Gasteiger partial charge >= 0.3 is 0 Å². The molecule has 0 atom stereocenters. The number of halogens is 2. The van der Waals surface area contributed by atoms with Crippen molar-refractivity contribution in [3.05, 3.63) is 47.6 Å². The lowest BCUT2D eigenvalue weighted by Gasteiger charge is -2.04. The Balaban J connectivity index is 2.18. The first-order chi connectivity index (χ1) is 7.24. The quantitative estimate of drug-likeness (QED) is 0.796.